The number of esters is 1. The Morgan fingerprint density at radius 3 is 3.00 bits per heavy atom. The second-order valence-corrected chi connectivity index (χ2v) is 3.54. The van der Waals surface area contributed by atoms with Crippen molar-refractivity contribution in [2.75, 3.05) is 7.11 Å². The first-order valence-corrected chi connectivity index (χ1v) is 4.49. The largest absolute Gasteiger partial charge is 0.468 e. The fourth-order valence-electron chi connectivity index (χ4n) is 2.05. The number of carbonyl (C=O) groups excluding carboxylic acids is 2. The number of ketones is 1. The lowest BCUT2D eigenvalue weighted by molar-refractivity contribution is -0.159. The van der Waals surface area contributed by atoms with Crippen LogP contribution in [0, 0.1) is 5.92 Å². The first kappa shape index (κ1) is 8.69. The summed E-state index contributed by atoms with van der Waals surface area (Å²) >= 11 is 0. The summed E-state index contributed by atoms with van der Waals surface area (Å²) in [7, 11) is 1.31. The van der Waals surface area contributed by atoms with Gasteiger partial charge in [0.2, 0.25) is 0 Å². The van der Waals surface area contributed by atoms with Crippen molar-refractivity contribution >= 4 is 11.8 Å². The van der Waals surface area contributed by atoms with Crippen LogP contribution in [0.4, 0.5) is 0 Å². The topological polar surface area (TPSA) is 52.6 Å². The number of rotatable bonds is 1. The Bertz CT molecular complexity index is 248. The molecule has 0 aromatic heterocycles. The lowest BCUT2D eigenvalue weighted by Gasteiger charge is -2.24. The van der Waals surface area contributed by atoms with E-state index in [2.05, 4.69) is 4.74 Å². The zero-order valence-electron chi connectivity index (χ0n) is 7.49. The lowest BCUT2D eigenvalue weighted by atomic mass is 9.94. The van der Waals surface area contributed by atoms with Crippen molar-refractivity contribution in [2.45, 2.75) is 31.5 Å². The van der Waals surface area contributed by atoms with Crippen molar-refractivity contribution in [3.8, 4) is 0 Å². The van der Waals surface area contributed by atoms with E-state index in [-0.39, 0.29) is 18.0 Å². The molecule has 2 rings (SSSR count). The molecule has 0 saturated carbocycles. The quantitative estimate of drug-likeness (QED) is 0.434. The van der Waals surface area contributed by atoms with Gasteiger partial charge in [0.15, 0.2) is 5.78 Å². The van der Waals surface area contributed by atoms with E-state index >= 15 is 0 Å². The SMILES string of the molecule is COC(=O)C1CC2CCC(O2)C1=O. The van der Waals surface area contributed by atoms with Crippen LogP contribution in [0.2, 0.25) is 0 Å². The maximum atomic E-state index is 11.6. The average Bonchev–Trinajstić information content (AvgIpc) is 2.55. The van der Waals surface area contributed by atoms with Gasteiger partial charge in [-0.1, -0.05) is 0 Å². The van der Waals surface area contributed by atoms with E-state index in [4.69, 9.17) is 4.74 Å². The van der Waals surface area contributed by atoms with Gasteiger partial charge in [-0.05, 0) is 19.3 Å². The molecule has 2 aliphatic rings. The van der Waals surface area contributed by atoms with E-state index in [1.807, 2.05) is 0 Å². The summed E-state index contributed by atoms with van der Waals surface area (Å²) in [6, 6.07) is 0. The second-order valence-electron chi connectivity index (χ2n) is 3.54. The number of hydrogen-bond donors (Lipinski definition) is 0. The molecule has 0 spiro atoms. The van der Waals surface area contributed by atoms with Crippen molar-refractivity contribution < 1.29 is 19.1 Å². The Labute approximate surface area is 76.2 Å². The van der Waals surface area contributed by atoms with Crippen molar-refractivity contribution in [3.05, 3.63) is 0 Å². The molecule has 0 aromatic rings. The summed E-state index contributed by atoms with van der Waals surface area (Å²) in [5, 5.41) is 0. The van der Waals surface area contributed by atoms with E-state index in [1.54, 1.807) is 0 Å². The molecule has 0 aliphatic carbocycles. The minimum absolute atomic E-state index is 0.0896. The molecule has 2 bridgehead atoms. The van der Waals surface area contributed by atoms with E-state index in [0.29, 0.717) is 6.42 Å². The number of fused-ring (bicyclic) bond motifs is 2. The van der Waals surface area contributed by atoms with Gasteiger partial charge in [0.1, 0.15) is 12.0 Å². The van der Waals surface area contributed by atoms with Crippen LogP contribution in [0.3, 0.4) is 0 Å². The summed E-state index contributed by atoms with van der Waals surface area (Å²) in [6.07, 6.45) is 1.90. The van der Waals surface area contributed by atoms with Gasteiger partial charge in [0, 0.05) is 0 Å². The first-order valence-electron chi connectivity index (χ1n) is 4.49. The number of hydrogen-bond acceptors (Lipinski definition) is 4. The predicted molar refractivity (Wildman–Crippen MR) is 43.0 cm³/mol. The van der Waals surface area contributed by atoms with Crippen LogP contribution in [0.25, 0.3) is 0 Å². The maximum Gasteiger partial charge on any atom is 0.316 e. The van der Waals surface area contributed by atoms with Gasteiger partial charge in [-0.3, -0.25) is 9.59 Å². The van der Waals surface area contributed by atoms with Crippen molar-refractivity contribution in [3.63, 3.8) is 0 Å². The third-order valence-electron chi connectivity index (χ3n) is 2.75. The number of Topliss-reactive ketones (excluding diaryl/α,β-unsaturated/α-hetero) is 1. The van der Waals surface area contributed by atoms with Crippen LogP contribution in [0.5, 0.6) is 0 Å². The highest BCUT2D eigenvalue weighted by Gasteiger charge is 2.45. The number of methoxy groups -OCH3 is 1. The summed E-state index contributed by atoms with van der Waals surface area (Å²) in [5.74, 6) is -1.08. The molecule has 2 fully saturated rings. The molecule has 13 heavy (non-hydrogen) atoms. The monoisotopic (exact) mass is 184 g/mol. The predicted octanol–water partition coefficient (Wildman–Crippen LogP) is 0.296. The van der Waals surface area contributed by atoms with Crippen molar-refractivity contribution in [1.29, 1.82) is 0 Å². The fraction of sp³-hybridized carbons (Fsp3) is 0.778. The molecule has 72 valence electrons. The average molecular weight is 184 g/mol. The molecular formula is C9H12O4. The molecule has 2 heterocycles. The Hall–Kier alpha value is -0.900. The van der Waals surface area contributed by atoms with Crippen LogP contribution < -0.4 is 0 Å². The fourth-order valence-corrected chi connectivity index (χ4v) is 2.05. The summed E-state index contributed by atoms with van der Waals surface area (Å²) in [5.41, 5.74) is 0. The molecule has 0 amide bonds. The van der Waals surface area contributed by atoms with E-state index in [0.717, 1.165) is 12.8 Å². The minimum Gasteiger partial charge on any atom is -0.468 e. The molecule has 0 radical (unpaired) electrons. The van der Waals surface area contributed by atoms with Gasteiger partial charge in [0.25, 0.3) is 0 Å². The minimum atomic E-state index is -0.573. The van der Waals surface area contributed by atoms with Crippen LogP contribution in [0.15, 0.2) is 0 Å². The van der Waals surface area contributed by atoms with E-state index < -0.39 is 11.9 Å². The molecule has 0 N–H and O–H groups in total. The van der Waals surface area contributed by atoms with Gasteiger partial charge in [-0.15, -0.1) is 0 Å². The van der Waals surface area contributed by atoms with Gasteiger partial charge < -0.3 is 9.47 Å². The highest BCUT2D eigenvalue weighted by molar-refractivity contribution is 6.02. The molecule has 3 unspecified atom stereocenters. The highest BCUT2D eigenvalue weighted by atomic mass is 16.5. The Kier molecular flexibility index (Phi) is 2.07. The molecule has 4 heteroatoms. The Balaban J connectivity index is 2.13. The zero-order valence-corrected chi connectivity index (χ0v) is 7.49. The second kappa shape index (κ2) is 3.10. The zero-order chi connectivity index (χ0) is 9.42. The summed E-state index contributed by atoms with van der Waals surface area (Å²) in [4.78, 5) is 22.8. The molecule has 3 atom stereocenters. The van der Waals surface area contributed by atoms with E-state index in [1.165, 1.54) is 7.11 Å². The smallest absolute Gasteiger partial charge is 0.316 e. The van der Waals surface area contributed by atoms with Crippen LogP contribution in [-0.4, -0.2) is 31.1 Å². The lowest BCUT2D eigenvalue weighted by Crippen LogP contribution is -2.40. The standard InChI is InChI=1S/C9H12O4/c1-12-9(11)6-4-5-2-3-7(13-5)8(6)10/h5-7H,2-4H2,1H3. The normalized spacial score (nSPS) is 37.6. The van der Waals surface area contributed by atoms with Crippen LogP contribution in [0.1, 0.15) is 19.3 Å². The Morgan fingerprint density at radius 2 is 2.31 bits per heavy atom. The number of carbonyl (C=O) groups is 2. The molecule has 2 saturated heterocycles. The molecule has 4 nitrogen and oxygen atoms in total. The van der Waals surface area contributed by atoms with Crippen molar-refractivity contribution in [1.82, 2.24) is 0 Å². The van der Waals surface area contributed by atoms with E-state index in [9.17, 15) is 9.59 Å². The molecular weight excluding hydrogens is 172 g/mol. The van der Waals surface area contributed by atoms with Gasteiger partial charge in [-0.2, -0.15) is 0 Å². The van der Waals surface area contributed by atoms with Crippen LogP contribution in [-0.2, 0) is 19.1 Å². The third kappa shape index (κ3) is 1.35. The summed E-state index contributed by atoms with van der Waals surface area (Å²) < 4.78 is 9.95. The highest BCUT2D eigenvalue weighted by Crippen LogP contribution is 2.33. The first-order chi connectivity index (χ1) is 6.22. The Morgan fingerprint density at radius 1 is 1.54 bits per heavy atom. The molecule has 2 aliphatic heterocycles. The third-order valence-corrected chi connectivity index (χ3v) is 2.75. The summed E-state index contributed by atoms with van der Waals surface area (Å²) in [6.45, 7) is 0. The van der Waals surface area contributed by atoms with Gasteiger partial charge >= 0.3 is 5.97 Å². The molecule has 0 aromatic carbocycles. The van der Waals surface area contributed by atoms with Crippen LogP contribution >= 0.6 is 0 Å². The van der Waals surface area contributed by atoms with Crippen molar-refractivity contribution in [2.24, 2.45) is 5.92 Å². The number of ether oxygens (including phenoxy) is 2. The maximum absolute atomic E-state index is 11.6. The van der Waals surface area contributed by atoms with Gasteiger partial charge in [0.05, 0.1) is 13.2 Å². The van der Waals surface area contributed by atoms with Gasteiger partial charge in [-0.25, -0.2) is 0 Å².